The first kappa shape index (κ1) is 19.5. The van der Waals surface area contributed by atoms with E-state index in [1.807, 2.05) is 33.8 Å². The van der Waals surface area contributed by atoms with Crippen molar-refractivity contribution in [3.05, 3.63) is 58.4 Å². The minimum Gasteiger partial charge on any atom is -0.479 e. The maximum atomic E-state index is 13.0. The summed E-state index contributed by atoms with van der Waals surface area (Å²) >= 11 is 0. The van der Waals surface area contributed by atoms with Gasteiger partial charge in [-0.3, -0.25) is 4.79 Å². The number of rotatable bonds is 5. The minimum absolute atomic E-state index is 0.0877. The number of benzene rings is 1. The fourth-order valence-electron chi connectivity index (χ4n) is 3.38. The summed E-state index contributed by atoms with van der Waals surface area (Å²) in [4.78, 5) is 29.4. The van der Waals surface area contributed by atoms with Crippen LogP contribution in [0.15, 0.2) is 30.5 Å². The summed E-state index contributed by atoms with van der Waals surface area (Å²) in [5.41, 5.74) is 4.06. The Morgan fingerprint density at radius 1 is 1.07 bits per heavy atom. The van der Waals surface area contributed by atoms with Crippen molar-refractivity contribution >= 4 is 22.9 Å². The Balaban J connectivity index is 2.02. The molecule has 146 valence electrons. The van der Waals surface area contributed by atoms with Crippen LogP contribution in [0.2, 0.25) is 0 Å². The van der Waals surface area contributed by atoms with Crippen LogP contribution in [0.25, 0.3) is 11.0 Å². The number of aryl methyl sites for hydroxylation is 3. The molecule has 1 amide bonds. The van der Waals surface area contributed by atoms with Crippen LogP contribution in [0.1, 0.15) is 58.7 Å². The van der Waals surface area contributed by atoms with E-state index in [1.165, 1.54) is 0 Å². The Hall–Kier alpha value is -3.22. The van der Waals surface area contributed by atoms with Gasteiger partial charge in [-0.2, -0.15) is 5.10 Å². The molecule has 3 rings (SSSR count). The second kappa shape index (κ2) is 7.42. The van der Waals surface area contributed by atoms with Crippen molar-refractivity contribution in [3.63, 3.8) is 0 Å². The number of amides is 1. The van der Waals surface area contributed by atoms with E-state index in [1.54, 1.807) is 36.0 Å². The second-order valence-electron chi connectivity index (χ2n) is 7.40. The molecule has 0 saturated carbocycles. The van der Waals surface area contributed by atoms with Crippen molar-refractivity contribution < 1.29 is 14.7 Å². The van der Waals surface area contributed by atoms with Gasteiger partial charge in [0.1, 0.15) is 0 Å². The zero-order valence-corrected chi connectivity index (χ0v) is 16.6. The van der Waals surface area contributed by atoms with Crippen LogP contribution in [0.5, 0.6) is 0 Å². The third kappa shape index (κ3) is 3.74. The lowest BCUT2D eigenvalue weighted by Crippen LogP contribution is -2.34. The van der Waals surface area contributed by atoms with Crippen LogP contribution >= 0.6 is 0 Å². The van der Waals surface area contributed by atoms with E-state index in [0.29, 0.717) is 27.9 Å². The molecule has 7 nitrogen and oxygen atoms in total. The Bertz CT molecular complexity index is 1050. The molecule has 0 bridgehead atoms. The summed E-state index contributed by atoms with van der Waals surface area (Å²) in [5.74, 6) is -1.58. The summed E-state index contributed by atoms with van der Waals surface area (Å²) < 4.78 is 1.75. The van der Waals surface area contributed by atoms with Gasteiger partial charge in [0, 0.05) is 11.7 Å². The summed E-state index contributed by atoms with van der Waals surface area (Å²) in [7, 11) is 0. The molecule has 2 heterocycles. The number of pyridine rings is 1. The molecule has 0 aliphatic heterocycles. The number of aromatic nitrogens is 3. The summed E-state index contributed by atoms with van der Waals surface area (Å²) in [5, 5.41) is 17.3. The first-order valence-corrected chi connectivity index (χ1v) is 9.14. The quantitative estimate of drug-likeness (QED) is 0.706. The molecule has 1 aromatic carbocycles. The Labute approximate surface area is 163 Å². The lowest BCUT2D eigenvalue weighted by molar-refractivity contribution is -0.139. The molecule has 7 heteroatoms. The molecular weight excluding hydrogens is 356 g/mol. The van der Waals surface area contributed by atoms with E-state index in [0.717, 1.165) is 11.1 Å². The van der Waals surface area contributed by atoms with Crippen LogP contribution in [-0.2, 0) is 4.79 Å². The monoisotopic (exact) mass is 380 g/mol. The predicted octanol–water partition coefficient (Wildman–Crippen LogP) is 3.49. The Morgan fingerprint density at radius 2 is 1.71 bits per heavy atom. The zero-order chi connectivity index (χ0) is 20.6. The fourth-order valence-corrected chi connectivity index (χ4v) is 3.38. The van der Waals surface area contributed by atoms with Crippen molar-refractivity contribution in [1.82, 2.24) is 20.1 Å². The summed E-state index contributed by atoms with van der Waals surface area (Å²) in [6.45, 7) is 9.56. The van der Waals surface area contributed by atoms with Crippen LogP contribution in [0.3, 0.4) is 0 Å². The number of carbonyl (C=O) groups excluding carboxylic acids is 1. The van der Waals surface area contributed by atoms with Gasteiger partial charge in [-0.15, -0.1) is 0 Å². The fraction of sp³-hybridized carbons (Fsp3) is 0.333. The predicted molar refractivity (Wildman–Crippen MR) is 106 cm³/mol. The lowest BCUT2D eigenvalue weighted by atomic mass is 10.0. The number of hydrogen-bond donors (Lipinski definition) is 2. The zero-order valence-electron chi connectivity index (χ0n) is 16.6. The van der Waals surface area contributed by atoms with E-state index in [-0.39, 0.29) is 6.04 Å². The number of fused-ring (bicyclic) bond motifs is 1. The molecule has 0 aliphatic carbocycles. The number of carboxylic acid groups (broad SMARTS) is 1. The third-order valence-electron chi connectivity index (χ3n) is 4.53. The molecule has 0 aliphatic rings. The average Bonchev–Trinajstić information content (AvgIpc) is 3.01. The molecule has 0 saturated heterocycles. The van der Waals surface area contributed by atoms with Crippen LogP contribution in [0, 0.1) is 20.8 Å². The van der Waals surface area contributed by atoms with Crippen LogP contribution < -0.4 is 5.32 Å². The SMILES string of the molecule is Cc1cc(C)cc(C(NC(=O)c2cc(C)nc3c2cnn3C(C)C)C(=O)O)c1. The first-order chi connectivity index (χ1) is 13.2. The number of carboxylic acids is 1. The number of hydrogen-bond acceptors (Lipinski definition) is 4. The van der Waals surface area contributed by atoms with E-state index < -0.39 is 17.9 Å². The topological polar surface area (TPSA) is 97.1 Å². The molecule has 0 fully saturated rings. The van der Waals surface area contributed by atoms with Crippen molar-refractivity contribution in [1.29, 1.82) is 0 Å². The van der Waals surface area contributed by atoms with Gasteiger partial charge in [-0.05, 0) is 46.2 Å². The largest absolute Gasteiger partial charge is 0.479 e. The van der Waals surface area contributed by atoms with Gasteiger partial charge < -0.3 is 10.4 Å². The number of aliphatic carboxylic acids is 1. The third-order valence-corrected chi connectivity index (χ3v) is 4.53. The van der Waals surface area contributed by atoms with Crippen molar-refractivity contribution in [2.24, 2.45) is 0 Å². The van der Waals surface area contributed by atoms with E-state index in [9.17, 15) is 14.7 Å². The van der Waals surface area contributed by atoms with Gasteiger partial charge >= 0.3 is 5.97 Å². The van der Waals surface area contributed by atoms with E-state index >= 15 is 0 Å². The van der Waals surface area contributed by atoms with Crippen molar-refractivity contribution in [2.75, 3.05) is 0 Å². The number of carbonyl (C=O) groups is 2. The van der Waals surface area contributed by atoms with Gasteiger partial charge in [0.2, 0.25) is 0 Å². The molecule has 0 spiro atoms. The first-order valence-electron chi connectivity index (χ1n) is 9.14. The second-order valence-corrected chi connectivity index (χ2v) is 7.40. The average molecular weight is 380 g/mol. The van der Waals surface area contributed by atoms with Gasteiger partial charge in [0.15, 0.2) is 11.7 Å². The van der Waals surface area contributed by atoms with Gasteiger partial charge in [0.05, 0.1) is 17.1 Å². The van der Waals surface area contributed by atoms with Crippen molar-refractivity contribution in [2.45, 2.75) is 46.7 Å². The maximum Gasteiger partial charge on any atom is 0.330 e. The molecule has 1 atom stereocenters. The summed E-state index contributed by atoms with van der Waals surface area (Å²) in [6, 6.07) is 6.11. The van der Waals surface area contributed by atoms with Crippen LogP contribution in [0.4, 0.5) is 0 Å². The molecule has 2 aromatic heterocycles. The highest BCUT2D eigenvalue weighted by atomic mass is 16.4. The molecule has 3 aromatic rings. The molecular formula is C21H24N4O3. The van der Waals surface area contributed by atoms with E-state index in [4.69, 9.17) is 0 Å². The highest BCUT2D eigenvalue weighted by Crippen LogP contribution is 2.23. The number of nitrogens with zero attached hydrogens (tertiary/aromatic N) is 3. The van der Waals surface area contributed by atoms with Crippen LogP contribution in [-0.4, -0.2) is 31.7 Å². The molecule has 0 radical (unpaired) electrons. The Morgan fingerprint density at radius 3 is 2.29 bits per heavy atom. The van der Waals surface area contributed by atoms with E-state index in [2.05, 4.69) is 15.4 Å². The molecule has 2 N–H and O–H groups in total. The number of nitrogens with one attached hydrogen (secondary N) is 1. The lowest BCUT2D eigenvalue weighted by Gasteiger charge is -2.17. The highest BCUT2D eigenvalue weighted by Gasteiger charge is 2.25. The standard InChI is InChI=1S/C21H24N4O3/c1-11(2)25-19-17(10-22-25)16(9-14(5)23-19)20(26)24-18(21(27)28)15-7-12(3)6-13(4)8-15/h6-11,18H,1-5H3,(H,24,26)(H,27,28). The van der Waals surface area contributed by atoms with Gasteiger partial charge in [-0.25, -0.2) is 14.5 Å². The maximum absolute atomic E-state index is 13.0. The summed E-state index contributed by atoms with van der Waals surface area (Å²) in [6.07, 6.45) is 1.60. The molecule has 1 unspecified atom stereocenters. The smallest absolute Gasteiger partial charge is 0.330 e. The van der Waals surface area contributed by atoms with Gasteiger partial charge in [0.25, 0.3) is 5.91 Å². The normalized spacial score (nSPS) is 12.4. The van der Waals surface area contributed by atoms with Crippen molar-refractivity contribution in [3.8, 4) is 0 Å². The minimum atomic E-state index is -1.14. The molecule has 28 heavy (non-hydrogen) atoms. The van der Waals surface area contributed by atoms with Gasteiger partial charge in [-0.1, -0.05) is 29.3 Å². The highest BCUT2D eigenvalue weighted by molar-refractivity contribution is 6.06. The Kier molecular flexibility index (Phi) is 5.18.